The molecule has 0 aromatic carbocycles. The first-order valence-corrected chi connectivity index (χ1v) is 5.15. The molecule has 0 saturated carbocycles. The number of nitrogens with zero attached hydrogens (tertiary/aromatic N) is 2. The molecule has 1 N–H and O–H groups in total. The molecule has 0 radical (unpaired) electrons. The van der Waals surface area contributed by atoms with Crippen molar-refractivity contribution < 1.29 is 14.7 Å². The molecule has 1 heterocycles. The van der Waals surface area contributed by atoms with Crippen LogP contribution in [0.1, 0.15) is 20.3 Å². The Morgan fingerprint density at radius 2 is 2.07 bits per heavy atom. The Labute approximate surface area is 89.7 Å². The Hall–Kier alpha value is -1.26. The van der Waals surface area contributed by atoms with E-state index in [2.05, 4.69) is 6.92 Å². The van der Waals surface area contributed by atoms with Gasteiger partial charge in [-0.05, 0) is 19.3 Å². The highest BCUT2D eigenvalue weighted by atomic mass is 16.4. The lowest BCUT2D eigenvalue weighted by Crippen LogP contribution is -2.44. The number of rotatable bonds is 2. The summed E-state index contributed by atoms with van der Waals surface area (Å²) < 4.78 is 0. The van der Waals surface area contributed by atoms with Gasteiger partial charge in [-0.15, -0.1) is 0 Å². The van der Waals surface area contributed by atoms with Gasteiger partial charge in [0.1, 0.15) is 6.54 Å². The summed E-state index contributed by atoms with van der Waals surface area (Å²) in [6, 6.07) is 0.0259. The summed E-state index contributed by atoms with van der Waals surface area (Å²) in [4.78, 5) is 25.3. The van der Waals surface area contributed by atoms with Crippen LogP contribution in [0.3, 0.4) is 0 Å². The molecule has 2 amide bonds. The summed E-state index contributed by atoms with van der Waals surface area (Å²) in [5.41, 5.74) is 0. The summed E-state index contributed by atoms with van der Waals surface area (Å²) in [7, 11) is 1.52. The summed E-state index contributed by atoms with van der Waals surface area (Å²) >= 11 is 0. The van der Waals surface area contributed by atoms with Crippen molar-refractivity contribution in [3.05, 3.63) is 0 Å². The molecule has 15 heavy (non-hydrogen) atoms. The minimum Gasteiger partial charge on any atom is -0.480 e. The van der Waals surface area contributed by atoms with E-state index in [0.717, 1.165) is 13.0 Å². The molecule has 1 fully saturated rings. The van der Waals surface area contributed by atoms with Crippen LogP contribution in [0.2, 0.25) is 0 Å². The minimum atomic E-state index is -0.981. The van der Waals surface area contributed by atoms with Crippen LogP contribution in [0, 0.1) is 5.92 Å². The summed E-state index contributed by atoms with van der Waals surface area (Å²) in [5, 5.41) is 8.58. The number of carbonyl (C=O) groups is 2. The maximum Gasteiger partial charge on any atom is 0.323 e. The van der Waals surface area contributed by atoms with Crippen LogP contribution in [0.15, 0.2) is 0 Å². The maximum atomic E-state index is 11.8. The molecule has 5 heteroatoms. The molecular formula is C10H18N2O3. The highest BCUT2D eigenvalue weighted by Gasteiger charge is 2.31. The zero-order chi connectivity index (χ0) is 11.6. The number of likely N-dealkylation sites (N-methyl/N-ethyl adjacent to an activating group) is 1. The number of likely N-dealkylation sites (tertiary alicyclic amines) is 1. The van der Waals surface area contributed by atoms with Gasteiger partial charge in [0.25, 0.3) is 0 Å². The molecule has 1 rings (SSSR count). The average Bonchev–Trinajstić information content (AvgIpc) is 2.42. The molecule has 1 aliphatic heterocycles. The van der Waals surface area contributed by atoms with Gasteiger partial charge in [0.2, 0.25) is 0 Å². The van der Waals surface area contributed by atoms with Crippen LogP contribution in [0.25, 0.3) is 0 Å². The predicted octanol–water partition coefficient (Wildman–Crippen LogP) is 0.853. The minimum absolute atomic E-state index is 0.186. The van der Waals surface area contributed by atoms with E-state index in [9.17, 15) is 9.59 Å². The van der Waals surface area contributed by atoms with Gasteiger partial charge in [-0.1, -0.05) is 6.92 Å². The lowest BCUT2D eigenvalue weighted by atomic mass is 10.1. The van der Waals surface area contributed by atoms with E-state index in [1.54, 1.807) is 4.90 Å². The van der Waals surface area contributed by atoms with E-state index in [1.807, 2.05) is 6.92 Å². The second-order valence-corrected chi connectivity index (χ2v) is 4.37. The molecule has 2 atom stereocenters. The Morgan fingerprint density at radius 3 is 2.47 bits per heavy atom. The number of carboxylic acids is 1. The Balaban J connectivity index is 2.56. The number of hydrogen-bond acceptors (Lipinski definition) is 2. The van der Waals surface area contributed by atoms with Crippen molar-refractivity contribution in [1.29, 1.82) is 0 Å². The van der Waals surface area contributed by atoms with Crippen molar-refractivity contribution in [2.45, 2.75) is 26.3 Å². The van der Waals surface area contributed by atoms with Crippen molar-refractivity contribution in [2.75, 3.05) is 20.1 Å². The molecule has 0 aromatic rings. The fraction of sp³-hybridized carbons (Fsp3) is 0.800. The van der Waals surface area contributed by atoms with Gasteiger partial charge in [-0.25, -0.2) is 4.79 Å². The van der Waals surface area contributed by atoms with Crippen LogP contribution in [0.5, 0.6) is 0 Å². The number of urea groups is 1. The molecule has 2 unspecified atom stereocenters. The molecule has 86 valence electrons. The lowest BCUT2D eigenvalue weighted by Gasteiger charge is -2.26. The molecule has 1 aliphatic rings. The van der Waals surface area contributed by atoms with Gasteiger partial charge < -0.3 is 14.9 Å². The van der Waals surface area contributed by atoms with Crippen LogP contribution in [-0.2, 0) is 4.79 Å². The first kappa shape index (κ1) is 11.8. The second kappa shape index (κ2) is 4.51. The lowest BCUT2D eigenvalue weighted by molar-refractivity contribution is -0.137. The SMILES string of the molecule is CC1CC(C)N(C(=O)N(C)CC(=O)O)C1. The third-order valence-electron chi connectivity index (χ3n) is 2.73. The van der Waals surface area contributed by atoms with E-state index in [4.69, 9.17) is 5.11 Å². The number of aliphatic carboxylic acids is 1. The van der Waals surface area contributed by atoms with Gasteiger partial charge in [-0.2, -0.15) is 0 Å². The Kier molecular flexibility index (Phi) is 3.55. The van der Waals surface area contributed by atoms with Gasteiger partial charge in [0, 0.05) is 19.6 Å². The van der Waals surface area contributed by atoms with Gasteiger partial charge in [0.05, 0.1) is 0 Å². The van der Waals surface area contributed by atoms with E-state index in [1.165, 1.54) is 11.9 Å². The highest BCUT2D eigenvalue weighted by molar-refractivity contribution is 5.80. The summed E-state index contributed by atoms with van der Waals surface area (Å²) in [6.45, 7) is 4.58. The highest BCUT2D eigenvalue weighted by Crippen LogP contribution is 2.23. The van der Waals surface area contributed by atoms with E-state index in [-0.39, 0.29) is 18.6 Å². The van der Waals surface area contributed by atoms with Crippen molar-refractivity contribution in [3.8, 4) is 0 Å². The molecule has 0 spiro atoms. The summed E-state index contributed by atoms with van der Waals surface area (Å²) in [6.07, 6.45) is 0.993. The standard InChI is InChI=1S/C10H18N2O3/c1-7-4-8(2)12(5-7)10(15)11(3)6-9(13)14/h7-8H,4-6H2,1-3H3,(H,13,14). The monoisotopic (exact) mass is 214 g/mol. The molecule has 0 aromatic heterocycles. The third-order valence-corrected chi connectivity index (χ3v) is 2.73. The van der Waals surface area contributed by atoms with Gasteiger partial charge >= 0.3 is 12.0 Å². The second-order valence-electron chi connectivity index (χ2n) is 4.37. The van der Waals surface area contributed by atoms with Crippen LogP contribution < -0.4 is 0 Å². The molecule has 0 aliphatic carbocycles. The molecule has 5 nitrogen and oxygen atoms in total. The smallest absolute Gasteiger partial charge is 0.323 e. The first-order chi connectivity index (χ1) is 6.91. The average molecular weight is 214 g/mol. The quantitative estimate of drug-likeness (QED) is 0.741. The van der Waals surface area contributed by atoms with E-state index in [0.29, 0.717) is 5.92 Å². The third kappa shape index (κ3) is 2.84. The first-order valence-electron chi connectivity index (χ1n) is 5.15. The van der Waals surface area contributed by atoms with E-state index >= 15 is 0 Å². The maximum absolute atomic E-state index is 11.8. The van der Waals surface area contributed by atoms with Crippen LogP contribution in [-0.4, -0.2) is 53.1 Å². The number of amides is 2. The zero-order valence-electron chi connectivity index (χ0n) is 9.43. The van der Waals surface area contributed by atoms with Crippen LogP contribution in [0.4, 0.5) is 4.79 Å². The van der Waals surface area contributed by atoms with Crippen molar-refractivity contribution in [1.82, 2.24) is 9.80 Å². The number of carboxylic acid groups (broad SMARTS) is 1. The summed E-state index contributed by atoms with van der Waals surface area (Å²) in [5.74, 6) is -0.479. The molecule has 1 saturated heterocycles. The fourth-order valence-electron chi connectivity index (χ4n) is 2.06. The van der Waals surface area contributed by atoms with Gasteiger partial charge in [-0.3, -0.25) is 4.79 Å². The topological polar surface area (TPSA) is 60.9 Å². The van der Waals surface area contributed by atoms with Gasteiger partial charge in [0.15, 0.2) is 0 Å². The normalized spacial score (nSPS) is 25.4. The fourth-order valence-corrected chi connectivity index (χ4v) is 2.06. The predicted molar refractivity (Wildman–Crippen MR) is 55.6 cm³/mol. The largest absolute Gasteiger partial charge is 0.480 e. The Bertz CT molecular complexity index is 267. The van der Waals surface area contributed by atoms with E-state index < -0.39 is 5.97 Å². The molecule has 0 bridgehead atoms. The number of carbonyl (C=O) groups excluding carboxylic acids is 1. The molecular weight excluding hydrogens is 196 g/mol. The van der Waals surface area contributed by atoms with Crippen molar-refractivity contribution in [2.24, 2.45) is 5.92 Å². The van der Waals surface area contributed by atoms with Crippen molar-refractivity contribution >= 4 is 12.0 Å². The Morgan fingerprint density at radius 1 is 1.47 bits per heavy atom. The number of hydrogen-bond donors (Lipinski definition) is 1. The zero-order valence-corrected chi connectivity index (χ0v) is 9.43. The van der Waals surface area contributed by atoms with Crippen LogP contribution >= 0.6 is 0 Å². The van der Waals surface area contributed by atoms with Crippen molar-refractivity contribution in [3.63, 3.8) is 0 Å².